The van der Waals surface area contributed by atoms with E-state index < -0.39 is 0 Å². The highest BCUT2D eigenvalue weighted by atomic mass is 16.5. The van der Waals surface area contributed by atoms with E-state index in [1.807, 2.05) is 36.5 Å². The minimum atomic E-state index is -0.307. The number of aromatic nitrogens is 3. The fraction of sp³-hybridized carbons (Fsp3) is 0.385. The molecule has 1 amide bonds. The second kappa shape index (κ2) is 9.67. The number of carbonyl (C=O) groups is 1. The van der Waals surface area contributed by atoms with Gasteiger partial charge in [-0.3, -0.25) is 9.69 Å². The molecule has 1 saturated heterocycles. The van der Waals surface area contributed by atoms with Crippen LogP contribution in [-0.2, 0) is 13.2 Å². The van der Waals surface area contributed by atoms with Crippen LogP contribution in [0.15, 0.2) is 65.8 Å². The van der Waals surface area contributed by atoms with Crippen LogP contribution in [0.3, 0.4) is 0 Å². The summed E-state index contributed by atoms with van der Waals surface area (Å²) in [6.45, 7) is 5.52. The highest BCUT2D eigenvalue weighted by Gasteiger charge is 2.29. The van der Waals surface area contributed by atoms with E-state index in [-0.39, 0.29) is 11.8 Å². The lowest BCUT2D eigenvalue weighted by Gasteiger charge is -2.15. The molecule has 0 radical (unpaired) electrons. The number of likely N-dealkylation sites (tertiary alicyclic amines) is 1. The molecule has 1 unspecified atom stereocenters. The number of ether oxygens (including phenoxy) is 1. The number of amides is 1. The van der Waals surface area contributed by atoms with Crippen molar-refractivity contribution in [3.05, 3.63) is 77.6 Å². The summed E-state index contributed by atoms with van der Waals surface area (Å²) < 4.78 is 7.66. The van der Waals surface area contributed by atoms with E-state index in [1.54, 1.807) is 10.9 Å². The molecule has 7 nitrogen and oxygen atoms in total. The van der Waals surface area contributed by atoms with E-state index in [1.165, 1.54) is 5.56 Å². The molecule has 1 aliphatic heterocycles. The summed E-state index contributed by atoms with van der Waals surface area (Å²) in [6.07, 6.45) is 5.75. The SMILES string of the molecule is C[C@@H]1CN(Cc2ccc(OCc3ccccc3)cc2)CC1C=NC(=O)c1cn(C2CC2)nn1. The van der Waals surface area contributed by atoms with Gasteiger partial charge in [0.2, 0.25) is 0 Å². The molecule has 1 aliphatic carbocycles. The Balaban J connectivity index is 1.11. The van der Waals surface area contributed by atoms with E-state index in [0.29, 0.717) is 24.3 Å². The molecule has 5 rings (SSSR count). The van der Waals surface area contributed by atoms with Crippen LogP contribution in [0.25, 0.3) is 0 Å². The van der Waals surface area contributed by atoms with Gasteiger partial charge in [-0.25, -0.2) is 9.67 Å². The van der Waals surface area contributed by atoms with Crippen molar-refractivity contribution >= 4 is 12.1 Å². The first-order chi connectivity index (χ1) is 16.1. The third kappa shape index (κ3) is 5.54. The van der Waals surface area contributed by atoms with Crippen molar-refractivity contribution < 1.29 is 9.53 Å². The number of benzene rings is 2. The largest absolute Gasteiger partial charge is 0.489 e. The van der Waals surface area contributed by atoms with Crippen LogP contribution in [0.4, 0.5) is 0 Å². The normalized spacial score (nSPS) is 21.0. The minimum absolute atomic E-state index is 0.251. The zero-order valence-electron chi connectivity index (χ0n) is 18.9. The molecule has 0 N–H and O–H groups in total. The average Bonchev–Trinajstić information content (AvgIpc) is 3.46. The second-order valence-electron chi connectivity index (χ2n) is 9.15. The number of carbonyl (C=O) groups excluding carboxylic acids is 1. The van der Waals surface area contributed by atoms with E-state index in [9.17, 15) is 4.79 Å². The maximum absolute atomic E-state index is 12.4. The Morgan fingerprint density at radius 1 is 1.09 bits per heavy atom. The zero-order chi connectivity index (χ0) is 22.6. The van der Waals surface area contributed by atoms with Crippen LogP contribution >= 0.6 is 0 Å². The Morgan fingerprint density at radius 3 is 2.64 bits per heavy atom. The highest BCUT2D eigenvalue weighted by molar-refractivity contribution is 5.97. The van der Waals surface area contributed by atoms with Crippen molar-refractivity contribution in [3.63, 3.8) is 0 Å². The van der Waals surface area contributed by atoms with Crippen LogP contribution in [0, 0.1) is 11.8 Å². The topological polar surface area (TPSA) is 72.6 Å². The summed E-state index contributed by atoms with van der Waals surface area (Å²) in [5.74, 6) is 1.26. The monoisotopic (exact) mass is 443 g/mol. The van der Waals surface area contributed by atoms with Crippen molar-refractivity contribution in [2.24, 2.45) is 16.8 Å². The fourth-order valence-corrected chi connectivity index (χ4v) is 4.23. The van der Waals surface area contributed by atoms with Crippen molar-refractivity contribution in [3.8, 4) is 5.75 Å². The molecule has 0 bridgehead atoms. The molecule has 0 spiro atoms. The van der Waals surface area contributed by atoms with E-state index in [2.05, 4.69) is 51.4 Å². The molecule has 2 fully saturated rings. The third-order valence-electron chi connectivity index (χ3n) is 6.36. The molecule has 33 heavy (non-hydrogen) atoms. The van der Waals surface area contributed by atoms with Gasteiger partial charge in [-0.2, -0.15) is 0 Å². The average molecular weight is 444 g/mol. The van der Waals surface area contributed by atoms with Gasteiger partial charge in [0.25, 0.3) is 5.91 Å². The van der Waals surface area contributed by atoms with Crippen molar-refractivity contribution in [2.75, 3.05) is 13.1 Å². The molecule has 2 aliphatic rings. The lowest BCUT2D eigenvalue weighted by molar-refractivity contribution is 0.0998. The summed E-state index contributed by atoms with van der Waals surface area (Å²) in [6, 6.07) is 18.9. The van der Waals surface area contributed by atoms with Gasteiger partial charge in [0.1, 0.15) is 12.4 Å². The molecule has 1 saturated carbocycles. The molecule has 7 heteroatoms. The molecule has 3 aromatic rings. The lowest BCUT2D eigenvalue weighted by atomic mass is 10.00. The first-order valence-corrected chi connectivity index (χ1v) is 11.6. The van der Waals surface area contributed by atoms with E-state index in [0.717, 1.165) is 43.8 Å². The molecular weight excluding hydrogens is 414 g/mol. The van der Waals surface area contributed by atoms with Crippen molar-refractivity contribution in [1.82, 2.24) is 19.9 Å². The zero-order valence-corrected chi connectivity index (χ0v) is 18.9. The van der Waals surface area contributed by atoms with Gasteiger partial charge in [0.15, 0.2) is 5.69 Å². The van der Waals surface area contributed by atoms with E-state index in [4.69, 9.17) is 4.74 Å². The van der Waals surface area contributed by atoms with Crippen LogP contribution in [0.1, 0.15) is 47.4 Å². The standard InChI is InChI=1S/C26H29N5O2/c1-19-14-30(15-20-7-11-24(12-8-20)33-18-21-5-3-2-4-6-21)16-22(19)13-27-26(32)25-17-31(29-28-25)23-9-10-23/h2-8,11-13,17,19,22-23H,9-10,14-16,18H2,1H3/t19-,22?/m1/s1. The van der Waals surface area contributed by atoms with Crippen LogP contribution in [0.5, 0.6) is 5.75 Å². The first kappa shape index (κ1) is 21.5. The molecule has 170 valence electrons. The van der Waals surface area contributed by atoms with E-state index >= 15 is 0 Å². The number of aliphatic imine (C=N–C) groups is 1. The van der Waals surface area contributed by atoms with Gasteiger partial charge in [-0.05, 0) is 42.0 Å². The predicted molar refractivity (Wildman–Crippen MR) is 126 cm³/mol. The molecule has 1 aromatic heterocycles. The Labute approximate surface area is 194 Å². The molecule has 2 atom stereocenters. The minimum Gasteiger partial charge on any atom is -0.489 e. The molecule has 2 heterocycles. The number of rotatable bonds is 8. The van der Waals surface area contributed by atoms with Gasteiger partial charge in [0.05, 0.1) is 12.2 Å². The fourth-order valence-electron chi connectivity index (χ4n) is 4.23. The third-order valence-corrected chi connectivity index (χ3v) is 6.36. The lowest BCUT2D eigenvalue weighted by Crippen LogP contribution is -2.20. The van der Waals surface area contributed by atoms with Gasteiger partial charge in [0, 0.05) is 31.8 Å². The van der Waals surface area contributed by atoms with Gasteiger partial charge < -0.3 is 4.74 Å². The van der Waals surface area contributed by atoms with Crippen LogP contribution in [0.2, 0.25) is 0 Å². The number of hydrogen-bond acceptors (Lipinski definition) is 5. The Bertz CT molecular complexity index is 1110. The van der Waals surface area contributed by atoms with Gasteiger partial charge >= 0.3 is 0 Å². The number of hydrogen-bond donors (Lipinski definition) is 0. The van der Waals surface area contributed by atoms with Gasteiger partial charge in [-0.15, -0.1) is 5.10 Å². The predicted octanol–water partition coefficient (Wildman–Crippen LogP) is 4.17. The number of nitrogens with zero attached hydrogens (tertiary/aromatic N) is 5. The Morgan fingerprint density at radius 2 is 1.88 bits per heavy atom. The van der Waals surface area contributed by atoms with Crippen molar-refractivity contribution in [1.29, 1.82) is 0 Å². The summed E-state index contributed by atoms with van der Waals surface area (Å²) in [5, 5.41) is 8.02. The van der Waals surface area contributed by atoms with Crippen molar-refractivity contribution in [2.45, 2.75) is 39.0 Å². The van der Waals surface area contributed by atoms with Gasteiger partial charge in [-0.1, -0.05) is 54.6 Å². The second-order valence-corrected chi connectivity index (χ2v) is 9.15. The first-order valence-electron chi connectivity index (χ1n) is 11.6. The van der Waals surface area contributed by atoms with Crippen LogP contribution in [-0.4, -0.2) is 45.1 Å². The van der Waals surface area contributed by atoms with Crippen LogP contribution < -0.4 is 4.74 Å². The maximum Gasteiger partial charge on any atom is 0.298 e. The summed E-state index contributed by atoms with van der Waals surface area (Å²) >= 11 is 0. The summed E-state index contributed by atoms with van der Waals surface area (Å²) in [7, 11) is 0. The molecule has 2 aromatic carbocycles. The summed E-state index contributed by atoms with van der Waals surface area (Å²) in [5.41, 5.74) is 2.74. The highest BCUT2D eigenvalue weighted by Crippen LogP contribution is 2.33. The quantitative estimate of drug-likeness (QED) is 0.489. The Kier molecular flexibility index (Phi) is 6.30. The molecular formula is C26H29N5O2. The summed E-state index contributed by atoms with van der Waals surface area (Å²) in [4.78, 5) is 19.0. The smallest absolute Gasteiger partial charge is 0.298 e. The Hall–Kier alpha value is -3.32. The maximum atomic E-state index is 12.4.